The third-order valence-electron chi connectivity index (χ3n) is 5.70. The van der Waals surface area contributed by atoms with Crippen LogP contribution >= 0.6 is 0 Å². The minimum atomic E-state index is -3.88. The number of sulfonamides is 1. The molecule has 2 aromatic rings. The number of anilines is 1. The van der Waals surface area contributed by atoms with Crippen LogP contribution in [-0.4, -0.2) is 20.9 Å². The molecule has 2 aromatic carbocycles. The van der Waals surface area contributed by atoms with E-state index in [4.69, 9.17) is 0 Å². The smallest absolute Gasteiger partial charge is 0.264 e. The molecule has 0 aromatic heterocycles. The Balaban J connectivity index is 1.58. The Morgan fingerprint density at radius 3 is 2.00 bits per heavy atom. The summed E-state index contributed by atoms with van der Waals surface area (Å²) in [6, 6.07) is 14.7. The molecule has 0 bridgehead atoms. The molecule has 6 heteroatoms. The largest absolute Gasteiger partial charge is 0.385 e. The number of nitrogens with one attached hydrogen (secondary N) is 2. The minimum absolute atomic E-state index is 0.0634. The van der Waals surface area contributed by atoms with Crippen LogP contribution in [0.3, 0.4) is 0 Å². The van der Waals surface area contributed by atoms with Crippen molar-refractivity contribution in [1.29, 1.82) is 0 Å². The summed E-state index contributed by atoms with van der Waals surface area (Å²) in [5.74, 6) is -0.642. The van der Waals surface area contributed by atoms with Crippen molar-refractivity contribution in [2.45, 2.75) is 82.4 Å². The summed E-state index contributed by atoms with van der Waals surface area (Å²) in [6.07, 6.45) is 18.7. The summed E-state index contributed by atoms with van der Waals surface area (Å²) >= 11 is 0. The molecule has 0 radical (unpaired) electrons. The normalized spacial score (nSPS) is 11.6. The van der Waals surface area contributed by atoms with E-state index < -0.39 is 15.9 Å². The Labute approximate surface area is 206 Å². The highest BCUT2D eigenvalue weighted by molar-refractivity contribution is 7.90. The number of benzene rings is 2. The number of hydrogen-bond donors (Lipinski definition) is 2. The fourth-order valence-electron chi connectivity index (χ4n) is 3.66. The van der Waals surface area contributed by atoms with Gasteiger partial charge in [-0.25, -0.2) is 13.1 Å². The number of allylic oxidation sites excluding steroid dienone is 2. The molecular weight excluding hydrogens is 444 g/mol. The molecule has 0 fully saturated rings. The zero-order valence-corrected chi connectivity index (χ0v) is 21.3. The van der Waals surface area contributed by atoms with E-state index in [1.54, 1.807) is 42.5 Å². The standard InChI is InChI=1S/C28H40N2O3S/c1-2-3-4-5-6-7-8-9-10-11-12-13-17-24-29-26-22-20-25(21-23-26)28(31)30-34(32,33)27-18-15-14-16-19-27/h11-12,14-16,18-23,29H,2-10,13,17,24H2,1H3,(H,30,31)/b12-11+. The van der Waals surface area contributed by atoms with E-state index in [2.05, 4.69) is 29.1 Å². The topological polar surface area (TPSA) is 75.3 Å². The monoisotopic (exact) mass is 484 g/mol. The molecule has 2 N–H and O–H groups in total. The third-order valence-corrected chi connectivity index (χ3v) is 7.04. The zero-order chi connectivity index (χ0) is 24.5. The maximum absolute atomic E-state index is 12.3. The van der Waals surface area contributed by atoms with Crippen molar-refractivity contribution in [3.63, 3.8) is 0 Å². The van der Waals surface area contributed by atoms with Gasteiger partial charge in [0.25, 0.3) is 15.9 Å². The van der Waals surface area contributed by atoms with Gasteiger partial charge in [-0.2, -0.15) is 0 Å². The highest BCUT2D eigenvalue weighted by Gasteiger charge is 2.18. The maximum atomic E-state index is 12.3. The fourth-order valence-corrected chi connectivity index (χ4v) is 4.66. The number of carbonyl (C=O) groups excluding carboxylic acids is 1. The van der Waals surface area contributed by atoms with Crippen LogP contribution in [0, 0.1) is 0 Å². The van der Waals surface area contributed by atoms with Gasteiger partial charge in [-0.3, -0.25) is 4.79 Å². The average Bonchev–Trinajstić information content (AvgIpc) is 2.85. The number of unbranched alkanes of at least 4 members (excludes halogenated alkanes) is 9. The molecule has 0 heterocycles. The van der Waals surface area contributed by atoms with Gasteiger partial charge < -0.3 is 5.32 Å². The van der Waals surface area contributed by atoms with E-state index in [0.29, 0.717) is 5.56 Å². The van der Waals surface area contributed by atoms with E-state index >= 15 is 0 Å². The lowest BCUT2D eigenvalue weighted by Crippen LogP contribution is -2.30. The molecule has 2 rings (SSSR count). The lowest BCUT2D eigenvalue weighted by molar-refractivity contribution is 0.0981. The van der Waals surface area contributed by atoms with Crippen molar-refractivity contribution in [3.05, 3.63) is 72.3 Å². The second kappa shape index (κ2) is 16.1. The van der Waals surface area contributed by atoms with Gasteiger partial charge in [-0.15, -0.1) is 0 Å². The van der Waals surface area contributed by atoms with Gasteiger partial charge in [0.05, 0.1) is 4.90 Å². The van der Waals surface area contributed by atoms with Crippen molar-refractivity contribution in [1.82, 2.24) is 4.72 Å². The van der Waals surface area contributed by atoms with E-state index in [1.807, 2.05) is 0 Å². The van der Waals surface area contributed by atoms with Gasteiger partial charge >= 0.3 is 0 Å². The molecule has 0 aliphatic rings. The zero-order valence-electron chi connectivity index (χ0n) is 20.5. The van der Waals surface area contributed by atoms with Crippen molar-refractivity contribution in [3.8, 4) is 0 Å². The van der Waals surface area contributed by atoms with Gasteiger partial charge in [-0.1, -0.05) is 82.2 Å². The molecule has 5 nitrogen and oxygen atoms in total. The number of rotatable bonds is 17. The molecule has 0 spiro atoms. The van der Waals surface area contributed by atoms with Crippen molar-refractivity contribution in [2.75, 3.05) is 11.9 Å². The Bertz CT molecular complexity index is 955. The van der Waals surface area contributed by atoms with Crippen molar-refractivity contribution < 1.29 is 13.2 Å². The van der Waals surface area contributed by atoms with E-state index in [0.717, 1.165) is 25.1 Å². The number of amides is 1. The van der Waals surface area contributed by atoms with Crippen LogP contribution in [0.4, 0.5) is 5.69 Å². The fraction of sp³-hybridized carbons (Fsp3) is 0.464. The summed E-state index contributed by atoms with van der Waals surface area (Å²) in [6.45, 7) is 3.10. The summed E-state index contributed by atoms with van der Waals surface area (Å²) in [7, 11) is -3.88. The van der Waals surface area contributed by atoms with E-state index in [9.17, 15) is 13.2 Å². The van der Waals surface area contributed by atoms with Crippen LogP contribution in [0.2, 0.25) is 0 Å². The molecule has 0 atom stereocenters. The molecule has 0 aliphatic carbocycles. The summed E-state index contributed by atoms with van der Waals surface area (Å²) in [5, 5.41) is 3.34. The van der Waals surface area contributed by atoms with Crippen molar-refractivity contribution in [2.24, 2.45) is 0 Å². The first-order chi connectivity index (χ1) is 16.5. The van der Waals surface area contributed by atoms with Gasteiger partial charge in [-0.05, 0) is 62.1 Å². The number of carbonyl (C=O) groups is 1. The Hall–Kier alpha value is -2.60. The van der Waals surface area contributed by atoms with Crippen LogP contribution in [0.15, 0.2) is 71.6 Å². The van der Waals surface area contributed by atoms with Crippen LogP contribution in [0.25, 0.3) is 0 Å². The Kier molecular flexibility index (Phi) is 13.1. The highest BCUT2D eigenvalue weighted by atomic mass is 32.2. The minimum Gasteiger partial charge on any atom is -0.385 e. The maximum Gasteiger partial charge on any atom is 0.264 e. The molecule has 0 aliphatic heterocycles. The predicted molar refractivity (Wildman–Crippen MR) is 142 cm³/mol. The lowest BCUT2D eigenvalue weighted by Gasteiger charge is -2.08. The summed E-state index contributed by atoms with van der Waals surface area (Å²) < 4.78 is 26.7. The molecule has 186 valence electrons. The molecule has 0 saturated carbocycles. The van der Waals surface area contributed by atoms with Gasteiger partial charge in [0, 0.05) is 17.8 Å². The number of hydrogen-bond acceptors (Lipinski definition) is 4. The van der Waals surface area contributed by atoms with Gasteiger partial charge in [0.2, 0.25) is 0 Å². The molecular formula is C28H40N2O3S. The summed E-state index contributed by atoms with van der Waals surface area (Å²) in [5.41, 5.74) is 1.21. The molecule has 1 amide bonds. The van der Waals surface area contributed by atoms with Crippen LogP contribution < -0.4 is 10.0 Å². The van der Waals surface area contributed by atoms with Gasteiger partial charge in [0.15, 0.2) is 0 Å². The second-order valence-electron chi connectivity index (χ2n) is 8.63. The molecule has 34 heavy (non-hydrogen) atoms. The quantitative estimate of drug-likeness (QED) is 0.186. The third kappa shape index (κ3) is 11.0. The average molecular weight is 485 g/mol. The van der Waals surface area contributed by atoms with Crippen LogP contribution in [0.1, 0.15) is 87.9 Å². The van der Waals surface area contributed by atoms with E-state index in [-0.39, 0.29) is 4.90 Å². The predicted octanol–water partition coefficient (Wildman–Crippen LogP) is 7.08. The lowest BCUT2D eigenvalue weighted by atomic mass is 10.1. The van der Waals surface area contributed by atoms with Gasteiger partial charge in [0.1, 0.15) is 0 Å². The molecule has 0 unspecified atom stereocenters. The highest BCUT2D eigenvalue weighted by Crippen LogP contribution is 2.13. The van der Waals surface area contributed by atoms with E-state index in [1.165, 1.54) is 69.9 Å². The first-order valence-corrected chi connectivity index (χ1v) is 14.1. The van der Waals surface area contributed by atoms with Crippen LogP contribution in [0.5, 0.6) is 0 Å². The Morgan fingerprint density at radius 2 is 1.35 bits per heavy atom. The SMILES string of the molecule is CCCCCCCCCC/C=C/CCCNc1ccc(C(=O)NS(=O)(=O)c2ccccc2)cc1. The van der Waals surface area contributed by atoms with Crippen molar-refractivity contribution >= 4 is 21.6 Å². The Morgan fingerprint density at radius 1 is 0.765 bits per heavy atom. The first kappa shape index (κ1) is 27.6. The first-order valence-electron chi connectivity index (χ1n) is 12.6. The van der Waals surface area contributed by atoms with Crippen LogP contribution in [-0.2, 0) is 10.0 Å². The summed E-state index contributed by atoms with van der Waals surface area (Å²) in [4.78, 5) is 12.4. The second-order valence-corrected chi connectivity index (χ2v) is 10.3. The molecule has 0 saturated heterocycles.